The molecule has 9 N–H and O–H groups in total. The van der Waals surface area contributed by atoms with Crippen molar-refractivity contribution in [2.24, 2.45) is 28.1 Å². The predicted octanol–water partition coefficient (Wildman–Crippen LogP) is -2.29. The maximum atomic E-state index is 11.7. The van der Waals surface area contributed by atoms with Crippen LogP contribution in [0, 0.1) is 5.92 Å². The number of aliphatic carboxylic acids is 1. The van der Waals surface area contributed by atoms with E-state index in [4.69, 9.17) is 22.3 Å². The lowest BCUT2D eigenvalue weighted by molar-refractivity contribution is -0.143. The maximum absolute atomic E-state index is 11.7. The molecule has 0 saturated carbocycles. The molecule has 0 unspecified atom stereocenters. The van der Waals surface area contributed by atoms with E-state index < -0.39 is 29.9 Å². The van der Waals surface area contributed by atoms with Gasteiger partial charge in [-0.25, -0.2) is 4.79 Å². The molecule has 0 radical (unpaired) electrons. The quantitative estimate of drug-likeness (QED) is 0.148. The monoisotopic (exact) mass is 330 g/mol. The van der Waals surface area contributed by atoms with Crippen LogP contribution in [-0.2, 0) is 14.4 Å². The number of rotatable bonds is 10. The molecule has 0 heterocycles. The highest BCUT2D eigenvalue weighted by molar-refractivity contribution is 5.89. The molecule has 0 aromatic heterocycles. The summed E-state index contributed by atoms with van der Waals surface area (Å²) < 4.78 is 0. The molecule has 0 aliphatic heterocycles. The second kappa shape index (κ2) is 10.4. The molecule has 0 saturated heterocycles. The number of nitrogens with two attached hydrogens (primary N) is 3. The third-order valence-corrected chi connectivity index (χ3v) is 2.98. The second-order valence-electron chi connectivity index (χ2n) is 5.40. The Morgan fingerprint density at radius 2 is 1.83 bits per heavy atom. The van der Waals surface area contributed by atoms with Gasteiger partial charge in [0.15, 0.2) is 5.96 Å². The van der Waals surface area contributed by atoms with E-state index in [2.05, 4.69) is 15.6 Å². The topological polar surface area (TPSA) is 186 Å². The molecule has 10 heteroatoms. The van der Waals surface area contributed by atoms with Crippen molar-refractivity contribution in [3.63, 3.8) is 0 Å². The molecule has 0 rings (SSSR count). The van der Waals surface area contributed by atoms with Crippen molar-refractivity contribution in [3.8, 4) is 0 Å². The number of nitrogens with one attached hydrogen (secondary N) is 2. The van der Waals surface area contributed by atoms with Gasteiger partial charge in [-0.05, 0) is 18.8 Å². The van der Waals surface area contributed by atoms with Crippen LogP contribution in [-0.4, -0.2) is 54.0 Å². The Kier molecular flexibility index (Phi) is 9.31. The number of hydrogen-bond acceptors (Lipinski definition) is 5. The van der Waals surface area contributed by atoms with Crippen molar-refractivity contribution in [1.82, 2.24) is 10.6 Å². The summed E-state index contributed by atoms with van der Waals surface area (Å²) in [4.78, 5) is 38.1. The van der Waals surface area contributed by atoms with Crippen molar-refractivity contribution in [2.45, 2.75) is 38.8 Å². The van der Waals surface area contributed by atoms with Crippen molar-refractivity contribution < 1.29 is 19.5 Å². The molecular weight excluding hydrogens is 304 g/mol. The fourth-order valence-corrected chi connectivity index (χ4v) is 1.69. The first-order valence-electron chi connectivity index (χ1n) is 7.26. The van der Waals surface area contributed by atoms with Crippen LogP contribution in [0.5, 0.6) is 0 Å². The first kappa shape index (κ1) is 20.6. The van der Waals surface area contributed by atoms with Gasteiger partial charge < -0.3 is 32.9 Å². The summed E-state index contributed by atoms with van der Waals surface area (Å²) >= 11 is 0. The number of hydrogen-bond donors (Lipinski definition) is 6. The van der Waals surface area contributed by atoms with Gasteiger partial charge in [0.1, 0.15) is 6.04 Å². The van der Waals surface area contributed by atoms with Crippen LogP contribution in [0.4, 0.5) is 0 Å². The molecule has 0 spiro atoms. The summed E-state index contributed by atoms with van der Waals surface area (Å²) in [5.74, 6) is -2.52. The lowest BCUT2D eigenvalue weighted by atomic mass is 10.0. The van der Waals surface area contributed by atoms with Crippen LogP contribution in [0.1, 0.15) is 26.7 Å². The molecule has 0 aliphatic rings. The van der Waals surface area contributed by atoms with E-state index in [1.165, 1.54) is 0 Å². The predicted molar refractivity (Wildman–Crippen MR) is 85.3 cm³/mol. The number of guanidine groups is 1. The zero-order chi connectivity index (χ0) is 18.0. The summed E-state index contributed by atoms with van der Waals surface area (Å²) in [6, 6.07) is -1.80. The molecule has 10 nitrogen and oxygen atoms in total. The Labute approximate surface area is 134 Å². The fourth-order valence-electron chi connectivity index (χ4n) is 1.69. The lowest BCUT2D eigenvalue weighted by Crippen LogP contribution is -2.50. The number of carbonyl (C=O) groups excluding carboxylic acids is 2. The van der Waals surface area contributed by atoms with Crippen LogP contribution >= 0.6 is 0 Å². The molecule has 0 fully saturated rings. The van der Waals surface area contributed by atoms with Crippen LogP contribution in [0.2, 0.25) is 0 Å². The number of nitrogens with zero attached hydrogens (tertiary/aromatic N) is 1. The van der Waals surface area contributed by atoms with E-state index in [1.54, 1.807) is 13.8 Å². The van der Waals surface area contributed by atoms with Crippen LogP contribution in [0.25, 0.3) is 0 Å². The second-order valence-corrected chi connectivity index (χ2v) is 5.40. The average molecular weight is 330 g/mol. The number of carboxylic acid groups (broad SMARTS) is 1. The van der Waals surface area contributed by atoms with E-state index in [9.17, 15) is 14.4 Å². The first-order chi connectivity index (χ1) is 10.6. The van der Waals surface area contributed by atoms with Gasteiger partial charge in [-0.3, -0.25) is 14.6 Å². The number of carbonyl (C=O) groups is 3. The maximum Gasteiger partial charge on any atom is 0.326 e. The Morgan fingerprint density at radius 1 is 1.22 bits per heavy atom. The van der Waals surface area contributed by atoms with Gasteiger partial charge in [0.2, 0.25) is 11.8 Å². The standard InChI is InChI=1S/C13H26N6O4/c1-7(2)10(12(22)23)19-9(20)6-18-11(21)8(14)4-3-5-17-13(15)16/h7-8,10H,3-6,14H2,1-2H3,(H,18,21)(H,19,20)(H,22,23)(H4,15,16,17)/t8-,10-/m0/s1. The van der Waals surface area contributed by atoms with Crippen molar-refractivity contribution in [2.75, 3.05) is 13.1 Å². The molecular formula is C13H26N6O4. The summed E-state index contributed by atoms with van der Waals surface area (Å²) in [6.45, 7) is 3.36. The first-order valence-corrected chi connectivity index (χ1v) is 7.26. The van der Waals surface area contributed by atoms with Gasteiger partial charge in [0, 0.05) is 6.54 Å². The van der Waals surface area contributed by atoms with E-state index in [0.29, 0.717) is 19.4 Å². The molecule has 0 bridgehead atoms. The van der Waals surface area contributed by atoms with E-state index in [0.717, 1.165) is 0 Å². The normalized spacial score (nSPS) is 13.0. The molecule has 0 aromatic carbocycles. The van der Waals surface area contributed by atoms with Gasteiger partial charge in [0.05, 0.1) is 12.6 Å². The van der Waals surface area contributed by atoms with Gasteiger partial charge in [0.25, 0.3) is 0 Å². The summed E-state index contributed by atoms with van der Waals surface area (Å²) in [6.07, 6.45) is 0.876. The Morgan fingerprint density at radius 3 is 2.30 bits per heavy atom. The van der Waals surface area contributed by atoms with Crippen LogP contribution in [0.3, 0.4) is 0 Å². The summed E-state index contributed by atoms with van der Waals surface area (Å²) in [5, 5.41) is 13.7. The Balaban J connectivity index is 4.14. The van der Waals surface area contributed by atoms with Crippen molar-refractivity contribution in [1.29, 1.82) is 0 Å². The largest absolute Gasteiger partial charge is 0.480 e. The highest BCUT2D eigenvalue weighted by Crippen LogP contribution is 2.01. The minimum absolute atomic E-state index is 0.0298. The van der Waals surface area contributed by atoms with E-state index >= 15 is 0 Å². The highest BCUT2D eigenvalue weighted by Gasteiger charge is 2.23. The van der Waals surface area contributed by atoms with E-state index in [-0.39, 0.29) is 18.4 Å². The summed E-state index contributed by atoms with van der Waals surface area (Å²) in [5.41, 5.74) is 16.0. The van der Waals surface area contributed by atoms with Gasteiger partial charge in [-0.2, -0.15) is 0 Å². The van der Waals surface area contributed by atoms with E-state index in [1.807, 2.05) is 0 Å². The zero-order valence-corrected chi connectivity index (χ0v) is 13.4. The minimum Gasteiger partial charge on any atom is -0.480 e. The number of aliphatic imine (C=N–C) groups is 1. The smallest absolute Gasteiger partial charge is 0.326 e. The third kappa shape index (κ3) is 9.30. The van der Waals surface area contributed by atoms with Crippen molar-refractivity contribution >= 4 is 23.7 Å². The van der Waals surface area contributed by atoms with Gasteiger partial charge in [-0.1, -0.05) is 13.8 Å². The highest BCUT2D eigenvalue weighted by atomic mass is 16.4. The Hall–Kier alpha value is -2.36. The molecule has 2 amide bonds. The SMILES string of the molecule is CC(C)[C@H](NC(=O)CNC(=O)[C@@H](N)CCCN=C(N)N)C(=O)O. The van der Waals surface area contributed by atoms with Crippen LogP contribution < -0.4 is 27.8 Å². The molecule has 0 aromatic rings. The summed E-state index contributed by atoms with van der Waals surface area (Å²) in [7, 11) is 0. The lowest BCUT2D eigenvalue weighted by Gasteiger charge is -2.18. The number of carboxylic acids is 1. The van der Waals surface area contributed by atoms with Crippen molar-refractivity contribution in [3.05, 3.63) is 0 Å². The number of amides is 2. The van der Waals surface area contributed by atoms with Gasteiger partial charge in [-0.15, -0.1) is 0 Å². The Bertz CT molecular complexity index is 448. The van der Waals surface area contributed by atoms with Crippen LogP contribution in [0.15, 0.2) is 4.99 Å². The fraction of sp³-hybridized carbons (Fsp3) is 0.692. The molecule has 0 aliphatic carbocycles. The van der Waals surface area contributed by atoms with Gasteiger partial charge >= 0.3 is 5.97 Å². The molecule has 2 atom stereocenters. The zero-order valence-electron chi connectivity index (χ0n) is 13.4. The molecule has 132 valence electrons. The average Bonchev–Trinajstić information content (AvgIpc) is 2.45. The third-order valence-electron chi connectivity index (χ3n) is 2.98. The molecule has 23 heavy (non-hydrogen) atoms. The minimum atomic E-state index is -1.13.